The van der Waals surface area contributed by atoms with Crippen LogP contribution in [0.15, 0.2) is 22.7 Å². The van der Waals surface area contributed by atoms with Crippen LogP contribution in [0, 0.1) is 17.7 Å². The van der Waals surface area contributed by atoms with E-state index >= 15 is 0 Å². The summed E-state index contributed by atoms with van der Waals surface area (Å²) in [5, 5.41) is 0. The summed E-state index contributed by atoms with van der Waals surface area (Å²) in [7, 11) is 0. The van der Waals surface area contributed by atoms with Gasteiger partial charge in [-0.2, -0.15) is 0 Å². The second-order valence-corrected chi connectivity index (χ2v) is 6.19. The van der Waals surface area contributed by atoms with Crippen molar-refractivity contribution in [2.75, 3.05) is 6.54 Å². The predicted octanol–water partition coefficient (Wildman–Crippen LogP) is 4.29. The number of nitrogens with two attached hydrogens (primary N) is 1. The third-order valence-electron chi connectivity index (χ3n) is 4.11. The lowest BCUT2D eigenvalue weighted by atomic mass is 9.83. The fourth-order valence-corrected chi connectivity index (χ4v) is 3.43. The molecule has 1 saturated carbocycles. The maximum Gasteiger partial charge on any atom is 0.123 e. The number of hydrogen-bond donors (Lipinski definition) is 1. The van der Waals surface area contributed by atoms with Gasteiger partial charge >= 0.3 is 0 Å². The topological polar surface area (TPSA) is 26.0 Å². The summed E-state index contributed by atoms with van der Waals surface area (Å²) in [4.78, 5) is 0. The highest BCUT2D eigenvalue weighted by molar-refractivity contribution is 9.10. The molecule has 0 bridgehead atoms. The molecule has 1 aliphatic carbocycles. The summed E-state index contributed by atoms with van der Waals surface area (Å²) in [5.41, 5.74) is 6.98. The molecule has 1 aliphatic rings. The Hall–Kier alpha value is -0.410. The second-order valence-electron chi connectivity index (χ2n) is 5.33. The van der Waals surface area contributed by atoms with Gasteiger partial charge in [0.25, 0.3) is 0 Å². The summed E-state index contributed by atoms with van der Waals surface area (Å²) < 4.78 is 14.3. The van der Waals surface area contributed by atoms with Crippen molar-refractivity contribution in [1.29, 1.82) is 0 Å². The van der Waals surface area contributed by atoms with Crippen LogP contribution >= 0.6 is 15.9 Å². The summed E-state index contributed by atoms with van der Waals surface area (Å²) in [6, 6.07) is 4.96. The third kappa shape index (κ3) is 3.55. The first-order valence-corrected chi connectivity index (χ1v) is 7.64. The van der Waals surface area contributed by atoms with Gasteiger partial charge in [0.1, 0.15) is 5.82 Å². The Morgan fingerprint density at radius 3 is 2.61 bits per heavy atom. The average molecular weight is 314 g/mol. The molecule has 2 N–H and O–H groups in total. The fraction of sp³-hybridized carbons (Fsp3) is 0.600. The minimum absolute atomic E-state index is 0.147. The minimum atomic E-state index is -0.147. The van der Waals surface area contributed by atoms with E-state index in [1.54, 1.807) is 12.1 Å². The van der Waals surface area contributed by atoms with Gasteiger partial charge in [-0.1, -0.05) is 35.2 Å². The summed E-state index contributed by atoms with van der Waals surface area (Å²) in [6.45, 7) is 0.762. The highest BCUT2D eigenvalue weighted by Crippen LogP contribution is 2.32. The van der Waals surface area contributed by atoms with Crippen molar-refractivity contribution in [3.63, 3.8) is 0 Å². The fourth-order valence-electron chi connectivity index (χ4n) is 3.02. The SMILES string of the molecule is NCC1CCCCCC1Cc1cc(F)ccc1Br. The van der Waals surface area contributed by atoms with E-state index in [4.69, 9.17) is 5.73 Å². The van der Waals surface area contributed by atoms with Crippen molar-refractivity contribution in [3.8, 4) is 0 Å². The van der Waals surface area contributed by atoms with Gasteiger partial charge in [0.15, 0.2) is 0 Å². The smallest absolute Gasteiger partial charge is 0.123 e. The average Bonchev–Trinajstić information content (AvgIpc) is 2.59. The number of rotatable bonds is 3. The van der Waals surface area contributed by atoms with Crippen molar-refractivity contribution >= 4 is 15.9 Å². The van der Waals surface area contributed by atoms with Crippen LogP contribution in [0.2, 0.25) is 0 Å². The molecule has 100 valence electrons. The maximum atomic E-state index is 13.3. The van der Waals surface area contributed by atoms with Crippen LogP contribution in [0.4, 0.5) is 4.39 Å². The van der Waals surface area contributed by atoms with Crippen LogP contribution in [-0.4, -0.2) is 6.54 Å². The molecule has 0 spiro atoms. The lowest BCUT2D eigenvalue weighted by molar-refractivity contribution is 0.317. The molecule has 1 aromatic rings. The Labute approximate surface area is 117 Å². The van der Waals surface area contributed by atoms with E-state index in [-0.39, 0.29) is 5.82 Å². The Morgan fingerprint density at radius 2 is 1.89 bits per heavy atom. The number of hydrogen-bond acceptors (Lipinski definition) is 1. The molecule has 0 saturated heterocycles. The normalized spacial score (nSPS) is 24.8. The first kappa shape index (κ1) is 14.0. The first-order chi connectivity index (χ1) is 8.70. The molecule has 2 unspecified atom stereocenters. The zero-order valence-electron chi connectivity index (χ0n) is 10.7. The van der Waals surface area contributed by atoms with Crippen LogP contribution in [0.3, 0.4) is 0 Å². The van der Waals surface area contributed by atoms with Gasteiger partial charge in [-0.15, -0.1) is 0 Å². The summed E-state index contributed by atoms with van der Waals surface area (Å²) in [6.07, 6.45) is 7.30. The van der Waals surface area contributed by atoms with Crippen LogP contribution in [-0.2, 0) is 6.42 Å². The lowest BCUT2D eigenvalue weighted by Gasteiger charge is -2.24. The molecule has 1 aromatic carbocycles. The van der Waals surface area contributed by atoms with Crippen LogP contribution < -0.4 is 5.73 Å². The van der Waals surface area contributed by atoms with Crippen molar-refractivity contribution in [3.05, 3.63) is 34.1 Å². The highest BCUT2D eigenvalue weighted by Gasteiger charge is 2.23. The van der Waals surface area contributed by atoms with Crippen molar-refractivity contribution in [2.24, 2.45) is 17.6 Å². The maximum absolute atomic E-state index is 13.3. The predicted molar refractivity (Wildman–Crippen MR) is 76.9 cm³/mol. The molecule has 1 fully saturated rings. The zero-order chi connectivity index (χ0) is 13.0. The van der Waals surface area contributed by atoms with Crippen LogP contribution in [0.5, 0.6) is 0 Å². The number of halogens is 2. The Balaban J connectivity index is 2.12. The Kier molecular flexibility index (Phi) is 5.19. The molecule has 2 atom stereocenters. The van der Waals surface area contributed by atoms with Crippen LogP contribution in [0.25, 0.3) is 0 Å². The Bertz CT molecular complexity index is 394. The van der Waals surface area contributed by atoms with Gasteiger partial charge in [-0.25, -0.2) is 4.39 Å². The third-order valence-corrected chi connectivity index (χ3v) is 4.88. The van der Waals surface area contributed by atoms with E-state index < -0.39 is 0 Å². The van der Waals surface area contributed by atoms with E-state index in [1.165, 1.54) is 38.2 Å². The zero-order valence-corrected chi connectivity index (χ0v) is 12.3. The molecular formula is C15H21BrFN. The van der Waals surface area contributed by atoms with Gasteiger partial charge < -0.3 is 5.73 Å². The van der Waals surface area contributed by atoms with E-state index in [0.29, 0.717) is 11.8 Å². The molecule has 2 rings (SSSR count). The summed E-state index contributed by atoms with van der Waals surface area (Å²) >= 11 is 3.52. The largest absolute Gasteiger partial charge is 0.330 e. The molecule has 0 amide bonds. The highest BCUT2D eigenvalue weighted by atomic mass is 79.9. The Morgan fingerprint density at radius 1 is 1.17 bits per heavy atom. The minimum Gasteiger partial charge on any atom is -0.330 e. The molecule has 0 radical (unpaired) electrons. The standard InChI is InChI=1S/C15H21BrFN/c16-15-7-6-14(17)9-13(15)8-11-4-2-1-3-5-12(11)10-18/h6-7,9,11-12H,1-5,8,10,18H2. The quantitative estimate of drug-likeness (QED) is 0.828. The van der Waals surface area contributed by atoms with Crippen molar-refractivity contribution < 1.29 is 4.39 Å². The second kappa shape index (κ2) is 6.67. The molecule has 0 heterocycles. The number of benzene rings is 1. The van der Waals surface area contributed by atoms with E-state index in [9.17, 15) is 4.39 Å². The van der Waals surface area contributed by atoms with E-state index in [0.717, 1.165) is 23.0 Å². The van der Waals surface area contributed by atoms with Gasteiger partial charge in [-0.05, 0) is 61.4 Å². The lowest BCUT2D eigenvalue weighted by Crippen LogP contribution is -2.24. The van der Waals surface area contributed by atoms with E-state index in [1.807, 2.05) is 0 Å². The molecule has 0 aromatic heterocycles. The van der Waals surface area contributed by atoms with Gasteiger partial charge in [-0.3, -0.25) is 0 Å². The van der Waals surface area contributed by atoms with Crippen molar-refractivity contribution in [1.82, 2.24) is 0 Å². The van der Waals surface area contributed by atoms with Crippen molar-refractivity contribution in [2.45, 2.75) is 38.5 Å². The molecule has 1 nitrogen and oxygen atoms in total. The first-order valence-electron chi connectivity index (χ1n) is 6.84. The molecule has 18 heavy (non-hydrogen) atoms. The molecule has 3 heteroatoms. The molecule has 0 aliphatic heterocycles. The van der Waals surface area contributed by atoms with Crippen LogP contribution in [0.1, 0.15) is 37.7 Å². The van der Waals surface area contributed by atoms with Gasteiger partial charge in [0, 0.05) is 4.47 Å². The summed E-state index contributed by atoms with van der Waals surface area (Å²) in [5.74, 6) is 1.06. The monoisotopic (exact) mass is 313 g/mol. The van der Waals surface area contributed by atoms with Gasteiger partial charge in [0.05, 0.1) is 0 Å². The molecular weight excluding hydrogens is 293 g/mol. The van der Waals surface area contributed by atoms with Gasteiger partial charge in [0.2, 0.25) is 0 Å². The van der Waals surface area contributed by atoms with E-state index in [2.05, 4.69) is 15.9 Å².